The third-order valence-corrected chi connectivity index (χ3v) is 24.9. The molecule has 0 atom stereocenters. The van der Waals surface area contributed by atoms with Crippen LogP contribution in [0.4, 0.5) is 0 Å². The van der Waals surface area contributed by atoms with Gasteiger partial charge < -0.3 is 0 Å². The molecule has 0 aliphatic heterocycles. The molecule has 0 N–H and O–H groups in total. The van der Waals surface area contributed by atoms with Gasteiger partial charge in [-0.1, -0.05) is 367 Å². The molecule has 0 amide bonds. The predicted octanol–water partition coefficient (Wildman–Crippen LogP) is 28.9. The molecule has 4 heterocycles. The van der Waals surface area contributed by atoms with Crippen molar-refractivity contribution in [3.05, 3.63) is 435 Å². The normalized spacial score (nSPS) is 12.7. The van der Waals surface area contributed by atoms with Gasteiger partial charge in [0.15, 0.2) is 23.3 Å². The summed E-state index contributed by atoms with van der Waals surface area (Å²) in [5.41, 5.74) is 33.8. The van der Waals surface area contributed by atoms with Crippen LogP contribution in [-0.2, 0) is 10.8 Å². The van der Waals surface area contributed by atoms with Crippen LogP contribution in [0.15, 0.2) is 413 Å². The Morgan fingerprint density at radius 1 is 0.172 bits per heavy atom. The van der Waals surface area contributed by atoms with Crippen molar-refractivity contribution >= 4 is 43.6 Å². The highest BCUT2D eigenvalue weighted by Crippen LogP contribution is 2.54. The van der Waals surface area contributed by atoms with Crippen LogP contribution in [0.3, 0.4) is 0 Å². The number of benzene rings is 17. The quantitative estimate of drug-likeness (QED) is 0.114. The highest BCUT2D eigenvalue weighted by Gasteiger charge is 2.39. The Bertz CT molecular complexity index is 7440. The molecule has 0 saturated heterocycles. The van der Waals surface area contributed by atoms with Crippen molar-refractivity contribution in [1.29, 1.82) is 0 Å². The van der Waals surface area contributed by atoms with Crippen LogP contribution in [0.2, 0.25) is 0 Å². The van der Waals surface area contributed by atoms with Crippen molar-refractivity contribution in [2.45, 2.75) is 38.5 Å². The molecular formula is C114H80N8. The maximum absolute atomic E-state index is 5.50. The second kappa shape index (κ2) is 29.8. The number of fused-ring (bicyclic) bond motifs is 12. The van der Waals surface area contributed by atoms with Crippen molar-refractivity contribution in [3.63, 3.8) is 0 Å². The summed E-state index contributed by atoms with van der Waals surface area (Å²) >= 11 is 0. The molecule has 2 aliphatic carbocycles. The van der Waals surface area contributed by atoms with Gasteiger partial charge in [-0.2, -0.15) is 19.9 Å². The van der Waals surface area contributed by atoms with Crippen LogP contribution >= 0.6 is 0 Å². The van der Waals surface area contributed by atoms with Gasteiger partial charge in [0.25, 0.3) is 0 Å². The maximum atomic E-state index is 5.50. The zero-order valence-electron chi connectivity index (χ0n) is 67.8. The van der Waals surface area contributed by atoms with Crippen molar-refractivity contribution in [1.82, 2.24) is 39.0 Å². The lowest BCUT2D eigenvalue weighted by Crippen LogP contribution is -2.15. The highest BCUT2D eigenvalue weighted by atomic mass is 15.2. The van der Waals surface area contributed by atoms with E-state index in [0.717, 1.165) is 127 Å². The van der Waals surface area contributed by atoms with E-state index < -0.39 is 0 Å². The summed E-state index contributed by atoms with van der Waals surface area (Å²) in [4.78, 5) is 32.3. The van der Waals surface area contributed by atoms with Crippen LogP contribution < -0.4 is 0 Å². The largest absolute Gasteiger partial charge is 0.278 e. The summed E-state index contributed by atoms with van der Waals surface area (Å²) in [7, 11) is 0. The third kappa shape index (κ3) is 12.8. The van der Waals surface area contributed by atoms with E-state index in [-0.39, 0.29) is 10.8 Å². The second-order valence-corrected chi connectivity index (χ2v) is 32.9. The third-order valence-electron chi connectivity index (χ3n) is 24.9. The van der Waals surface area contributed by atoms with E-state index in [0.29, 0.717) is 35.2 Å². The van der Waals surface area contributed by atoms with Crippen LogP contribution in [0.1, 0.15) is 49.9 Å². The van der Waals surface area contributed by atoms with Gasteiger partial charge in [-0.3, -0.25) is 9.13 Å². The zero-order chi connectivity index (χ0) is 81.6. The van der Waals surface area contributed by atoms with Gasteiger partial charge in [0.2, 0.25) is 11.9 Å². The molecule has 0 saturated carbocycles. The first-order chi connectivity index (χ1) is 60.0. The van der Waals surface area contributed by atoms with E-state index >= 15 is 0 Å². The zero-order valence-corrected chi connectivity index (χ0v) is 67.8. The minimum atomic E-state index is -0.218. The van der Waals surface area contributed by atoms with Crippen LogP contribution in [0.25, 0.3) is 201 Å². The summed E-state index contributed by atoms with van der Waals surface area (Å²) < 4.78 is 4.56. The number of nitrogens with zero attached hydrogens (tertiary/aromatic N) is 8. The monoisotopic (exact) mass is 1560 g/mol. The molecule has 21 aromatic rings. The van der Waals surface area contributed by atoms with E-state index in [1.807, 2.05) is 12.1 Å². The first-order valence-corrected chi connectivity index (χ1v) is 41.8. The fraction of sp³-hybridized carbons (Fsp3) is 0.0526. The molecule has 0 unspecified atom stereocenters. The lowest BCUT2D eigenvalue weighted by molar-refractivity contribution is 0.660. The van der Waals surface area contributed by atoms with Gasteiger partial charge in [0.05, 0.1) is 22.1 Å². The highest BCUT2D eigenvalue weighted by molar-refractivity contribution is 6.19. The Hall–Kier alpha value is -15.6. The average molecular weight is 1560 g/mol. The Morgan fingerprint density at radius 2 is 0.467 bits per heavy atom. The molecule has 17 aromatic carbocycles. The lowest BCUT2D eigenvalue weighted by Gasteiger charge is -2.21. The van der Waals surface area contributed by atoms with E-state index in [9.17, 15) is 0 Å². The van der Waals surface area contributed by atoms with E-state index in [1.54, 1.807) is 0 Å². The number of hydrogen-bond donors (Lipinski definition) is 0. The number of hydrogen-bond acceptors (Lipinski definition) is 6. The maximum Gasteiger partial charge on any atom is 0.238 e. The molecule has 8 nitrogen and oxygen atoms in total. The average Bonchev–Trinajstić information content (AvgIpc) is 1.55. The van der Waals surface area contributed by atoms with Crippen LogP contribution in [0, 0.1) is 0 Å². The molecule has 0 radical (unpaired) electrons. The van der Waals surface area contributed by atoms with Crippen LogP contribution in [-0.4, -0.2) is 39.0 Å². The van der Waals surface area contributed by atoms with Gasteiger partial charge in [-0.05, 0) is 195 Å². The molecule has 4 aromatic heterocycles. The van der Waals surface area contributed by atoms with Gasteiger partial charge in [0, 0.05) is 54.6 Å². The Balaban J connectivity index is 0.000000146. The topological polar surface area (TPSA) is 87.2 Å². The molecule has 576 valence electrons. The van der Waals surface area contributed by atoms with Crippen LogP contribution in [0.5, 0.6) is 0 Å². The predicted molar refractivity (Wildman–Crippen MR) is 503 cm³/mol. The van der Waals surface area contributed by atoms with Crippen molar-refractivity contribution in [3.8, 4) is 158 Å². The molecule has 2 aliphatic rings. The minimum Gasteiger partial charge on any atom is -0.278 e. The van der Waals surface area contributed by atoms with Crippen molar-refractivity contribution in [2.75, 3.05) is 0 Å². The van der Waals surface area contributed by atoms with Gasteiger partial charge >= 0.3 is 0 Å². The van der Waals surface area contributed by atoms with E-state index in [2.05, 4.69) is 437 Å². The van der Waals surface area contributed by atoms with Crippen molar-refractivity contribution < 1.29 is 0 Å². The fourth-order valence-electron chi connectivity index (χ4n) is 18.8. The standard InChI is InChI=1S/C60H42N4.C54H38N4/c1-60(2)52-32-16-15-31-48(52)50-37-51-54(38-53(50)60)64(55-36-47(41-23-11-5-12-24-41)35-49(56(51)55)42-25-13-6-14-26-42)59-62-57(45-29-17-27-43(33-45)39-19-7-3-8-20-39)61-58(63-59)46-30-18-28-44(34-46)40-21-9-4-10-22-40;1-54(2)47-27-13-12-26-43(47)44-33-46-45-32-40(37-20-10-5-11-21-37)28-29-49(45)58(50(46)34-48(44)54)53-56-51(41-24-14-22-38(30-41)35-16-6-3-7-17-35)55-52(57-53)42-25-15-23-39(31-42)36-18-8-4-9-19-36/h3-38H,1-2H3;3-34H,1-2H3. The minimum absolute atomic E-state index is 0.179. The Kier molecular flexibility index (Phi) is 17.8. The van der Waals surface area contributed by atoms with E-state index in [4.69, 9.17) is 29.9 Å². The van der Waals surface area contributed by atoms with Gasteiger partial charge in [0.1, 0.15) is 0 Å². The van der Waals surface area contributed by atoms with Crippen molar-refractivity contribution in [2.24, 2.45) is 0 Å². The molecule has 0 fully saturated rings. The Labute approximate surface area is 708 Å². The Morgan fingerprint density at radius 3 is 0.852 bits per heavy atom. The summed E-state index contributed by atoms with van der Waals surface area (Å²) in [6.45, 7) is 9.36. The smallest absolute Gasteiger partial charge is 0.238 e. The fourth-order valence-corrected chi connectivity index (χ4v) is 18.8. The molecule has 0 bridgehead atoms. The molecule has 8 heteroatoms. The molecule has 23 rings (SSSR count). The summed E-state index contributed by atoms with van der Waals surface area (Å²) in [6, 6.07) is 147. The number of rotatable bonds is 13. The first-order valence-electron chi connectivity index (χ1n) is 41.8. The summed E-state index contributed by atoms with van der Waals surface area (Å²) in [6.07, 6.45) is 0. The van der Waals surface area contributed by atoms with Gasteiger partial charge in [-0.25, -0.2) is 9.97 Å². The second-order valence-electron chi connectivity index (χ2n) is 32.9. The molecule has 122 heavy (non-hydrogen) atoms. The molecule has 0 spiro atoms. The first kappa shape index (κ1) is 72.8. The summed E-state index contributed by atoms with van der Waals surface area (Å²) in [5, 5.41) is 4.63. The SMILES string of the molecule is CC1(C)c2ccccc2-c2cc3c4c(-c5ccccc5)cc(-c5ccccc5)cc4n(-c4nc(-c5cccc(-c6ccccc6)c5)nc(-c5cccc(-c6ccccc6)c5)n4)c3cc21.CC1(C)c2ccccc2-c2cc3c4cc(-c5ccccc5)ccc4n(-c4nc(-c5cccc(-c6ccccc6)c5)nc(-c5cccc(-c6ccccc6)c5)n4)c3cc21. The van der Waals surface area contributed by atoms with E-state index in [1.165, 1.54) is 61.0 Å². The van der Waals surface area contributed by atoms with Gasteiger partial charge in [-0.15, -0.1) is 0 Å². The molecular weight excluding hydrogens is 1480 g/mol. The summed E-state index contributed by atoms with van der Waals surface area (Å²) in [5.74, 6) is 3.59. The number of aromatic nitrogens is 8. The lowest BCUT2D eigenvalue weighted by atomic mass is 9.82.